The van der Waals surface area contributed by atoms with Crippen LogP contribution in [0.3, 0.4) is 0 Å². The molecule has 2 aromatic rings. The first-order valence-electron chi connectivity index (χ1n) is 7.75. The Morgan fingerprint density at radius 3 is 2.92 bits per heavy atom. The molecular weight excluding hydrogens is 378 g/mol. The maximum atomic E-state index is 11.1. The summed E-state index contributed by atoms with van der Waals surface area (Å²) in [7, 11) is 1.82. The zero-order chi connectivity index (χ0) is 17.1. The van der Waals surface area contributed by atoms with Crippen molar-refractivity contribution in [1.29, 1.82) is 0 Å². The zero-order valence-electron chi connectivity index (χ0n) is 13.2. The number of hydrogen-bond acceptors (Lipinski definition) is 6. The molecule has 0 aromatic carbocycles. The van der Waals surface area contributed by atoms with Crippen molar-refractivity contribution >= 4 is 21.9 Å². The molecule has 9 heteroatoms. The maximum absolute atomic E-state index is 11.1. The smallest absolute Gasteiger partial charge is 0.306 e. The highest BCUT2D eigenvalue weighted by atomic mass is 79.9. The second-order valence-electron chi connectivity index (χ2n) is 5.82. The number of carboxylic acid groups (broad SMARTS) is 1. The largest absolute Gasteiger partial charge is 0.481 e. The summed E-state index contributed by atoms with van der Waals surface area (Å²) in [5, 5.41) is 17.8. The van der Waals surface area contributed by atoms with E-state index in [4.69, 9.17) is 9.84 Å². The average molecular weight is 396 g/mol. The van der Waals surface area contributed by atoms with Gasteiger partial charge in [-0.25, -0.2) is 9.97 Å². The second kappa shape index (κ2) is 7.25. The first-order chi connectivity index (χ1) is 11.6. The summed E-state index contributed by atoms with van der Waals surface area (Å²) in [6.07, 6.45) is 5.93. The van der Waals surface area contributed by atoms with Crippen molar-refractivity contribution in [2.45, 2.75) is 37.1 Å². The molecule has 1 aliphatic carbocycles. The van der Waals surface area contributed by atoms with Gasteiger partial charge in [0.05, 0.1) is 24.0 Å². The van der Waals surface area contributed by atoms with E-state index in [2.05, 4.69) is 36.2 Å². The van der Waals surface area contributed by atoms with Gasteiger partial charge in [0.15, 0.2) is 0 Å². The van der Waals surface area contributed by atoms with Crippen LogP contribution in [0.1, 0.15) is 31.4 Å². The molecule has 128 valence electrons. The van der Waals surface area contributed by atoms with Crippen LogP contribution in [0.4, 0.5) is 0 Å². The number of nitrogens with zero attached hydrogens (tertiary/aromatic N) is 5. The topological polar surface area (TPSA) is 103 Å². The minimum absolute atomic E-state index is 0.130. The van der Waals surface area contributed by atoms with Gasteiger partial charge >= 0.3 is 5.97 Å². The molecule has 24 heavy (non-hydrogen) atoms. The summed E-state index contributed by atoms with van der Waals surface area (Å²) < 4.78 is 7.49. The van der Waals surface area contributed by atoms with E-state index in [0.717, 1.165) is 18.5 Å². The highest BCUT2D eigenvalue weighted by Gasteiger charge is 2.28. The molecule has 0 spiro atoms. The number of aromatic nitrogens is 5. The van der Waals surface area contributed by atoms with Gasteiger partial charge in [-0.2, -0.15) is 0 Å². The molecule has 1 aliphatic rings. The molecule has 1 saturated carbocycles. The van der Waals surface area contributed by atoms with Crippen LogP contribution in [0.25, 0.3) is 11.4 Å². The van der Waals surface area contributed by atoms with Crippen molar-refractivity contribution in [3.63, 3.8) is 0 Å². The van der Waals surface area contributed by atoms with E-state index in [0.29, 0.717) is 35.4 Å². The van der Waals surface area contributed by atoms with E-state index >= 15 is 0 Å². The number of carbonyl (C=O) groups is 1. The fourth-order valence-electron chi connectivity index (χ4n) is 2.87. The lowest BCUT2D eigenvalue weighted by molar-refractivity contribution is -0.143. The fourth-order valence-corrected chi connectivity index (χ4v) is 3.50. The van der Waals surface area contributed by atoms with Crippen LogP contribution in [0.15, 0.2) is 12.4 Å². The molecule has 2 atom stereocenters. The van der Waals surface area contributed by atoms with Crippen LogP contribution in [-0.4, -0.2) is 42.1 Å². The third kappa shape index (κ3) is 3.55. The second-order valence-corrected chi connectivity index (χ2v) is 6.38. The van der Waals surface area contributed by atoms with Crippen molar-refractivity contribution in [3.05, 3.63) is 18.1 Å². The zero-order valence-corrected chi connectivity index (χ0v) is 14.8. The molecule has 2 aromatic heterocycles. The molecular formula is C15H18BrN5O3. The van der Waals surface area contributed by atoms with Gasteiger partial charge in [-0.05, 0) is 25.7 Å². The van der Waals surface area contributed by atoms with Crippen molar-refractivity contribution in [2.75, 3.05) is 0 Å². The summed E-state index contributed by atoms with van der Waals surface area (Å²) in [6, 6.07) is 0. The molecule has 0 radical (unpaired) electrons. The Morgan fingerprint density at radius 2 is 2.25 bits per heavy atom. The molecule has 0 bridgehead atoms. The van der Waals surface area contributed by atoms with E-state index in [1.54, 1.807) is 17.1 Å². The number of aliphatic carboxylic acids is 1. The van der Waals surface area contributed by atoms with Crippen molar-refractivity contribution in [3.8, 4) is 17.3 Å². The fraction of sp³-hybridized carbons (Fsp3) is 0.533. The lowest BCUT2D eigenvalue weighted by atomic mass is 9.87. The first-order valence-corrected chi connectivity index (χ1v) is 8.87. The lowest BCUT2D eigenvalue weighted by Gasteiger charge is -2.26. The normalized spacial score (nSPS) is 20.8. The molecule has 0 aliphatic heterocycles. The van der Waals surface area contributed by atoms with Crippen LogP contribution >= 0.6 is 15.9 Å². The molecule has 2 heterocycles. The predicted molar refractivity (Wildman–Crippen MR) is 88.7 cm³/mol. The van der Waals surface area contributed by atoms with Gasteiger partial charge in [0.2, 0.25) is 5.88 Å². The molecule has 1 N–H and O–H groups in total. The standard InChI is InChI=1S/C15H18BrN5O3/c1-21-12(6-16)14(19-20-21)11-7-18-13(8-17-11)24-10-4-2-3-9(5-10)15(22)23/h7-10H,2-6H2,1H3,(H,22,23)/t9-,10-/m0/s1. The van der Waals surface area contributed by atoms with E-state index < -0.39 is 5.97 Å². The number of aryl methyl sites for hydroxylation is 1. The Kier molecular flexibility index (Phi) is 5.08. The summed E-state index contributed by atoms with van der Waals surface area (Å²) in [6.45, 7) is 0. The van der Waals surface area contributed by atoms with Crippen molar-refractivity contribution < 1.29 is 14.6 Å². The summed E-state index contributed by atoms with van der Waals surface area (Å²) in [5.74, 6) is -0.689. The maximum Gasteiger partial charge on any atom is 0.306 e. The summed E-state index contributed by atoms with van der Waals surface area (Å²) in [4.78, 5) is 19.7. The minimum atomic E-state index is -0.755. The Bertz CT molecular complexity index is 718. The van der Waals surface area contributed by atoms with Crippen LogP contribution in [0.2, 0.25) is 0 Å². The number of alkyl halides is 1. The van der Waals surface area contributed by atoms with Crippen molar-refractivity contribution in [2.24, 2.45) is 13.0 Å². The lowest BCUT2D eigenvalue weighted by Crippen LogP contribution is -2.29. The summed E-state index contributed by atoms with van der Waals surface area (Å²) >= 11 is 3.41. The Labute approximate surface area is 147 Å². The number of rotatable bonds is 5. The van der Waals surface area contributed by atoms with Gasteiger partial charge in [-0.15, -0.1) is 5.10 Å². The predicted octanol–water partition coefficient (Wildman–Crippen LogP) is 2.19. The Balaban J connectivity index is 1.69. The highest BCUT2D eigenvalue weighted by Crippen LogP contribution is 2.28. The van der Waals surface area contributed by atoms with Crippen LogP contribution in [-0.2, 0) is 17.2 Å². The monoisotopic (exact) mass is 395 g/mol. The molecule has 3 rings (SSSR count). The summed E-state index contributed by atoms with van der Waals surface area (Å²) in [5.41, 5.74) is 2.21. The molecule has 0 amide bonds. The van der Waals surface area contributed by atoms with Crippen LogP contribution < -0.4 is 4.74 Å². The van der Waals surface area contributed by atoms with E-state index in [1.807, 2.05) is 7.05 Å². The Morgan fingerprint density at radius 1 is 1.42 bits per heavy atom. The quantitative estimate of drug-likeness (QED) is 0.773. The number of halogens is 1. The average Bonchev–Trinajstić information content (AvgIpc) is 2.96. The third-order valence-electron chi connectivity index (χ3n) is 4.20. The van der Waals surface area contributed by atoms with Crippen LogP contribution in [0.5, 0.6) is 5.88 Å². The number of ether oxygens (including phenoxy) is 1. The van der Waals surface area contributed by atoms with Gasteiger partial charge in [0.25, 0.3) is 0 Å². The van der Waals surface area contributed by atoms with Gasteiger partial charge in [-0.1, -0.05) is 21.1 Å². The van der Waals surface area contributed by atoms with Gasteiger partial charge < -0.3 is 9.84 Å². The van der Waals surface area contributed by atoms with Crippen molar-refractivity contribution in [1.82, 2.24) is 25.0 Å². The molecule has 0 unspecified atom stereocenters. The third-order valence-corrected chi connectivity index (χ3v) is 4.73. The van der Waals surface area contributed by atoms with E-state index in [-0.39, 0.29) is 12.0 Å². The van der Waals surface area contributed by atoms with E-state index in [9.17, 15) is 4.79 Å². The van der Waals surface area contributed by atoms with Gasteiger partial charge in [0.1, 0.15) is 17.5 Å². The van der Waals surface area contributed by atoms with Gasteiger partial charge in [-0.3, -0.25) is 9.48 Å². The Hall–Kier alpha value is -2.03. The minimum Gasteiger partial charge on any atom is -0.481 e. The van der Waals surface area contributed by atoms with Gasteiger partial charge in [0, 0.05) is 12.4 Å². The first kappa shape index (κ1) is 16.8. The van der Waals surface area contributed by atoms with Crippen LogP contribution in [0, 0.1) is 5.92 Å². The molecule has 1 fully saturated rings. The molecule has 8 nitrogen and oxygen atoms in total. The number of carboxylic acids is 1. The SMILES string of the molecule is Cn1nnc(-c2cnc(O[C@H]3CCC[C@H](C(=O)O)C3)cn2)c1CBr. The molecule has 0 saturated heterocycles. The highest BCUT2D eigenvalue weighted by molar-refractivity contribution is 9.08. The number of hydrogen-bond donors (Lipinski definition) is 1. The van der Waals surface area contributed by atoms with E-state index in [1.165, 1.54) is 0 Å².